The highest BCUT2D eigenvalue weighted by Gasteiger charge is 2.25. The zero-order valence-corrected chi connectivity index (χ0v) is 11.7. The Hall–Kier alpha value is -1.30. The number of carbonyl (C=O) groups excluding carboxylic acids is 1. The molecule has 6 heteroatoms. The Balaban J connectivity index is 2.48. The second-order valence-electron chi connectivity index (χ2n) is 4.98. The summed E-state index contributed by atoms with van der Waals surface area (Å²) >= 11 is 0. The summed E-state index contributed by atoms with van der Waals surface area (Å²) in [6.07, 6.45) is 3.47. The molecule has 2 amide bonds. The zero-order chi connectivity index (χ0) is 14.3. The molecule has 1 saturated heterocycles. The van der Waals surface area contributed by atoms with E-state index in [9.17, 15) is 9.59 Å². The number of rotatable bonds is 6. The molecule has 2 N–H and O–H groups in total. The number of hydrogen-bond donors (Lipinski definition) is 2. The van der Waals surface area contributed by atoms with Gasteiger partial charge in [0, 0.05) is 26.2 Å². The van der Waals surface area contributed by atoms with Crippen molar-refractivity contribution in [3.8, 4) is 0 Å². The second kappa shape index (κ2) is 7.99. The number of methoxy groups -OCH3 is 1. The van der Waals surface area contributed by atoms with Crippen LogP contribution in [0, 0.1) is 0 Å². The van der Waals surface area contributed by atoms with Crippen LogP contribution in [0.5, 0.6) is 0 Å². The van der Waals surface area contributed by atoms with Gasteiger partial charge in [0.1, 0.15) is 0 Å². The van der Waals surface area contributed by atoms with Crippen LogP contribution in [0.1, 0.15) is 39.0 Å². The van der Waals surface area contributed by atoms with Gasteiger partial charge in [0.05, 0.1) is 12.5 Å². The number of amides is 2. The van der Waals surface area contributed by atoms with Gasteiger partial charge < -0.3 is 20.1 Å². The summed E-state index contributed by atoms with van der Waals surface area (Å²) in [6.45, 7) is 3.26. The van der Waals surface area contributed by atoms with E-state index in [0.717, 1.165) is 19.3 Å². The summed E-state index contributed by atoms with van der Waals surface area (Å²) in [7, 11) is 1.65. The number of aliphatic carboxylic acids is 1. The van der Waals surface area contributed by atoms with Crippen molar-refractivity contribution in [3.05, 3.63) is 0 Å². The molecule has 0 aromatic rings. The number of likely N-dealkylation sites (tertiary alicyclic amines) is 1. The Morgan fingerprint density at radius 3 is 2.84 bits per heavy atom. The summed E-state index contributed by atoms with van der Waals surface area (Å²) < 4.78 is 5.27. The van der Waals surface area contributed by atoms with E-state index in [4.69, 9.17) is 9.84 Å². The quantitative estimate of drug-likeness (QED) is 0.767. The molecule has 1 rings (SSSR count). The van der Waals surface area contributed by atoms with Gasteiger partial charge in [0.15, 0.2) is 0 Å². The van der Waals surface area contributed by atoms with Crippen LogP contribution in [-0.2, 0) is 9.53 Å². The lowest BCUT2D eigenvalue weighted by Gasteiger charge is -2.33. The average Bonchev–Trinajstić information content (AvgIpc) is 2.38. The molecule has 0 aliphatic carbocycles. The van der Waals surface area contributed by atoms with E-state index < -0.39 is 5.97 Å². The first kappa shape index (κ1) is 15.8. The smallest absolute Gasteiger partial charge is 0.317 e. The maximum Gasteiger partial charge on any atom is 0.317 e. The number of carboxylic acid groups (broad SMARTS) is 1. The molecule has 0 aromatic carbocycles. The minimum atomic E-state index is -0.882. The average molecular weight is 272 g/mol. The molecule has 1 heterocycles. The van der Waals surface area contributed by atoms with Crippen molar-refractivity contribution in [2.24, 2.45) is 0 Å². The van der Waals surface area contributed by atoms with Crippen molar-refractivity contribution in [2.45, 2.75) is 51.2 Å². The molecule has 110 valence electrons. The lowest BCUT2D eigenvalue weighted by atomic mass is 10.1. The Morgan fingerprint density at radius 1 is 1.53 bits per heavy atom. The van der Waals surface area contributed by atoms with E-state index in [1.54, 1.807) is 12.0 Å². The third-order valence-electron chi connectivity index (χ3n) is 3.38. The Labute approximate surface area is 114 Å². The summed E-state index contributed by atoms with van der Waals surface area (Å²) in [5.74, 6) is -0.882. The van der Waals surface area contributed by atoms with Crippen LogP contribution in [0.2, 0.25) is 0 Å². The number of ether oxygens (including phenoxy) is 1. The predicted molar refractivity (Wildman–Crippen MR) is 71.1 cm³/mol. The van der Waals surface area contributed by atoms with Crippen molar-refractivity contribution in [3.63, 3.8) is 0 Å². The van der Waals surface area contributed by atoms with Crippen LogP contribution in [0.15, 0.2) is 0 Å². The fraction of sp³-hybridized carbons (Fsp3) is 0.846. The van der Waals surface area contributed by atoms with Crippen molar-refractivity contribution in [1.29, 1.82) is 0 Å². The lowest BCUT2D eigenvalue weighted by Crippen LogP contribution is -2.50. The molecule has 0 bridgehead atoms. The number of carboxylic acids is 1. The normalized spacial score (nSPS) is 20.9. The highest BCUT2D eigenvalue weighted by molar-refractivity contribution is 5.76. The molecule has 1 fully saturated rings. The standard InChI is InChI=1S/C13H24N2O4/c1-3-5-10(8-12(16)17)14-13(18)15-7-4-6-11(9-15)19-2/h10-11H,3-9H2,1-2H3,(H,14,18)(H,16,17). The number of piperidine rings is 1. The van der Waals surface area contributed by atoms with Gasteiger partial charge in [-0.1, -0.05) is 13.3 Å². The molecule has 0 spiro atoms. The van der Waals surface area contributed by atoms with E-state index >= 15 is 0 Å². The first-order valence-electron chi connectivity index (χ1n) is 6.86. The van der Waals surface area contributed by atoms with Crippen LogP contribution in [0.3, 0.4) is 0 Å². The molecule has 0 aromatic heterocycles. The number of nitrogens with zero attached hydrogens (tertiary/aromatic N) is 1. The van der Waals surface area contributed by atoms with Gasteiger partial charge in [-0.05, 0) is 19.3 Å². The third kappa shape index (κ3) is 5.46. The van der Waals surface area contributed by atoms with Gasteiger partial charge in [-0.25, -0.2) is 4.79 Å². The minimum Gasteiger partial charge on any atom is -0.481 e. The van der Waals surface area contributed by atoms with E-state index in [2.05, 4.69) is 5.32 Å². The van der Waals surface area contributed by atoms with Crippen LogP contribution in [-0.4, -0.2) is 54.4 Å². The van der Waals surface area contributed by atoms with E-state index in [1.165, 1.54) is 0 Å². The summed E-state index contributed by atoms with van der Waals surface area (Å²) in [5.41, 5.74) is 0. The molecular weight excluding hydrogens is 248 g/mol. The molecule has 19 heavy (non-hydrogen) atoms. The van der Waals surface area contributed by atoms with Crippen LogP contribution < -0.4 is 5.32 Å². The van der Waals surface area contributed by atoms with Gasteiger partial charge in [-0.3, -0.25) is 4.79 Å². The fourth-order valence-electron chi connectivity index (χ4n) is 2.37. The predicted octanol–water partition coefficient (Wildman–Crippen LogP) is 1.45. The molecule has 2 unspecified atom stereocenters. The number of urea groups is 1. The van der Waals surface area contributed by atoms with Crippen LogP contribution in [0.4, 0.5) is 4.79 Å². The number of hydrogen-bond acceptors (Lipinski definition) is 3. The largest absolute Gasteiger partial charge is 0.481 e. The maximum absolute atomic E-state index is 12.1. The summed E-state index contributed by atoms with van der Waals surface area (Å²) in [5, 5.41) is 11.6. The third-order valence-corrected chi connectivity index (χ3v) is 3.38. The highest BCUT2D eigenvalue weighted by atomic mass is 16.5. The van der Waals surface area contributed by atoms with E-state index in [0.29, 0.717) is 19.5 Å². The van der Waals surface area contributed by atoms with Crippen molar-refractivity contribution in [1.82, 2.24) is 10.2 Å². The van der Waals surface area contributed by atoms with E-state index in [1.807, 2.05) is 6.92 Å². The Bertz CT molecular complexity index is 309. The fourth-order valence-corrected chi connectivity index (χ4v) is 2.37. The van der Waals surface area contributed by atoms with Crippen molar-refractivity contribution >= 4 is 12.0 Å². The van der Waals surface area contributed by atoms with Crippen LogP contribution in [0.25, 0.3) is 0 Å². The first-order chi connectivity index (χ1) is 9.06. The molecule has 0 radical (unpaired) electrons. The molecule has 1 aliphatic heterocycles. The first-order valence-corrected chi connectivity index (χ1v) is 6.86. The monoisotopic (exact) mass is 272 g/mol. The maximum atomic E-state index is 12.1. The van der Waals surface area contributed by atoms with E-state index in [-0.39, 0.29) is 24.6 Å². The Kier molecular flexibility index (Phi) is 6.62. The SMILES string of the molecule is CCCC(CC(=O)O)NC(=O)N1CCCC(OC)C1. The van der Waals surface area contributed by atoms with Gasteiger partial charge in [0.2, 0.25) is 0 Å². The zero-order valence-electron chi connectivity index (χ0n) is 11.7. The van der Waals surface area contributed by atoms with Crippen LogP contribution >= 0.6 is 0 Å². The molecule has 6 nitrogen and oxygen atoms in total. The highest BCUT2D eigenvalue weighted by Crippen LogP contribution is 2.13. The van der Waals surface area contributed by atoms with Gasteiger partial charge in [-0.2, -0.15) is 0 Å². The van der Waals surface area contributed by atoms with Crippen molar-refractivity contribution in [2.75, 3.05) is 20.2 Å². The molecular formula is C13H24N2O4. The molecule has 1 aliphatic rings. The topological polar surface area (TPSA) is 78.9 Å². The summed E-state index contributed by atoms with van der Waals surface area (Å²) in [6, 6.07) is -0.473. The van der Waals surface area contributed by atoms with Crippen molar-refractivity contribution < 1.29 is 19.4 Å². The van der Waals surface area contributed by atoms with Gasteiger partial charge in [0.25, 0.3) is 0 Å². The van der Waals surface area contributed by atoms with Gasteiger partial charge >= 0.3 is 12.0 Å². The number of carbonyl (C=O) groups is 2. The molecule has 2 atom stereocenters. The minimum absolute atomic E-state index is 0.0267. The second-order valence-corrected chi connectivity index (χ2v) is 4.98. The Morgan fingerprint density at radius 2 is 2.26 bits per heavy atom. The molecule has 0 saturated carbocycles. The number of nitrogens with one attached hydrogen (secondary N) is 1. The van der Waals surface area contributed by atoms with Gasteiger partial charge in [-0.15, -0.1) is 0 Å². The lowest BCUT2D eigenvalue weighted by molar-refractivity contribution is -0.137. The summed E-state index contributed by atoms with van der Waals surface area (Å²) in [4.78, 5) is 24.6.